The number of rotatable bonds is 3. The molecule has 8 heteroatoms. The molecule has 1 atom stereocenters. The van der Waals surface area contributed by atoms with Crippen LogP contribution in [0.4, 0.5) is 0 Å². The molecule has 23 heavy (non-hydrogen) atoms. The predicted molar refractivity (Wildman–Crippen MR) is 79.7 cm³/mol. The summed E-state index contributed by atoms with van der Waals surface area (Å²) >= 11 is 0. The Kier molecular flexibility index (Phi) is 2.92. The van der Waals surface area contributed by atoms with E-state index in [2.05, 4.69) is 10.3 Å². The molecule has 1 amide bonds. The number of carbonyl (C=O) groups is 3. The zero-order valence-electron chi connectivity index (χ0n) is 12.8. The van der Waals surface area contributed by atoms with E-state index in [1.807, 2.05) is 4.90 Å². The van der Waals surface area contributed by atoms with Gasteiger partial charge in [-0.25, -0.2) is 4.98 Å². The van der Waals surface area contributed by atoms with Crippen LogP contribution in [0.3, 0.4) is 0 Å². The van der Waals surface area contributed by atoms with Gasteiger partial charge in [0.05, 0.1) is 18.3 Å². The van der Waals surface area contributed by atoms with Crippen molar-refractivity contribution < 1.29 is 14.4 Å². The molecule has 4 rings (SSSR count). The number of nitrogens with two attached hydrogens (primary N) is 1. The highest BCUT2D eigenvalue weighted by Crippen LogP contribution is 2.35. The molecule has 3 N–H and O–H groups in total. The van der Waals surface area contributed by atoms with Crippen molar-refractivity contribution >= 4 is 17.5 Å². The topological polar surface area (TPSA) is 110 Å². The van der Waals surface area contributed by atoms with E-state index >= 15 is 0 Å². The summed E-state index contributed by atoms with van der Waals surface area (Å²) in [6.45, 7) is 3.74. The van der Waals surface area contributed by atoms with Crippen molar-refractivity contribution in [2.75, 3.05) is 19.6 Å². The molecule has 3 heterocycles. The van der Waals surface area contributed by atoms with Crippen molar-refractivity contribution in [3.05, 3.63) is 28.5 Å². The van der Waals surface area contributed by atoms with Crippen molar-refractivity contribution in [1.82, 2.24) is 19.8 Å². The molecule has 3 aliphatic rings. The number of allylic oxidation sites excluding steroid dienone is 2. The van der Waals surface area contributed by atoms with Crippen molar-refractivity contribution in [3.8, 4) is 0 Å². The SMILES string of the molecule is CC1=C(N2CC2)C(=O)c2nc3n(c2C1=O)CC[C@@H]3NC(=O)CN. The number of carbonyl (C=O) groups excluding carboxylic acids is 3. The molecule has 0 unspecified atom stereocenters. The van der Waals surface area contributed by atoms with E-state index in [-0.39, 0.29) is 35.8 Å². The molecule has 1 aromatic heterocycles. The van der Waals surface area contributed by atoms with Gasteiger partial charge in [-0.2, -0.15) is 0 Å². The molecular weight excluding hydrogens is 298 g/mol. The average Bonchev–Trinajstić information content (AvgIpc) is 3.17. The summed E-state index contributed by atoms with van der Waals surface area (Å²) in [5.74, 6) is -0.0500. The minimum atomic E-state index is -0.303. The zero-order chi connectivity index (χ0) is 16.3. The summed E-state index contributed by atoms with van der Waals surface area (Å²) in [4.78, 5) is 43.2. The molecule has 0 bridgehead atoms. The molecule has 1 aliphatic carbocycles. The highest BCUT2D eigenvalue weighted by atomic mass is 16.2. The minimum absolute atomic E-state index is 0.103. The van der Waals surface area contributed by atoms with Crippen LogP contribution in [-0.2, 0) is 11.3 Å². The van der Waals surface area contributed by atoms with Crippen LogP contribution in [0.25, 0.3) is 0 Å². The van der Waals surface area contributed by atoms with E-state index in [0.29, 0.717) is 35.8 Å². The third kappa shape index (κ3) is 1.94. The molecule has 120 valence electrons. The molecule has 0 saturated carbocycles. The maximum absolute atomic E-state index is 12.7. The Bertz CT molecular complexity index is 787. The van der Waals surface area contributed by atoms with E-state index in [4.69, 9.17) is 5.73 Å². The van der Waals surface area contributed by atoms with E-state index in [1.54, 1.807) is 11.5 Å². The van der Waals surface area contributed by atoms with Crippen molar-refractivity contribution in [2.45, 2.75) is 25.9 Å². The summed E-state index contributed by atoms with van der Waals surface area (Å²) in [6.07, 6.45) is 0.643. The molecule has 0 aromatic carbocycles. The van der Waals surface area contributed by atoms with Gasteiger partial charge in [0, 0.05) is 25.2 Å². The van der Waals surface area contributed by atoms with Gasteiger partial charge in [-0.05, 0) is 13.3 Å². The summed E-state index contributed by atoms with van der Waals surface area (Å²) in [7, 11) is 0. The standard InChI is InChI=1S/C15H17N5O3/c1-7-11(19-4-5-19)14(23)10-12(13(7)22)20-3-2-8(15(20)18-10)17-9(21)6-16/h8H,2-6,16H2,1H3,(H,17,21)/t8-/m0/s1. The molecule has 0 radical (unpaired) electrons. The van der Waals surface area contributed by atoms with Crippen LogP contribution in [0.15, 0.2) is 11.3 Å². The van der Waals surface area contributed by atoms with Crippen LogP contribution in [-0.4, -0.2) is 51.6 Å². The fourth-order valence-corrected chi connectivity index (χ4v) is 3.35. The van der Waals surface area contributed by atoms with Crippen LogP contribution in [0.5, 0.6) is 0 Å². The van der Waals surface area contributed by atoms with E-state index in [0.717, 1.165) is 13.1 Å². The van der Waals surface area contributed by atoms with Gasteiger partial charge < -0.3 is 20.5 Å². The van der Waals surface area contributed by atoms with Crippen molar-refractivity contribution in [3.63, 3.8) is 0 Å². The lowest BCUT2D eigenvalue weighted by Gasteiger charge is -2.17. The number of ketones is 2. The largest absolute Gasteiger partial charge is 0.364 e. The smallest absolute Gasteiger partial charge is 0.234 e. The summed E-state index contributed by atoms with van der Waals surface area (Å²) in [5.41, 5.74) is 6.86. The van der Waals surface area contributed by atoms with Gasteiger partial charge in [0.1, 0.15) is 17.2 Å². The Balaban J connectivity index is 1.76. The highest BCUT2D eigenvalue weighted by molar-refractivity contribution is 6.25. The van der Waals surface area contributed by atoms with Gasteiger partial charge in [0.25, 0.3) is 0 Å². The molecule has 1 saturated heterocycles. The number of nitrogens with zero attached hydrogens (tertiary/aromatic N) is 3. The monoisotopic (exact) mass is 315 g/mol. The summed E-state index contributed by atoms with van der Waals surface area (Å²) in [6, 6.07) is -0.303. The lowest BCUT2D eigenvalue weighted by molar-refractivity contribution is -0.120. The van der Waals surface area contributed by atoms with E-state index in [1.165, 1.54) is 0 Å². The first-order chi connectivity index (χ1) is 11.0. The number of Topliss-reactive ketones (excluding diaryl/α,β-unsaturated/α-hetero) is 2. The van der Waals surface area contributed by atoms with Crippen LogP contribution in [0, 0.1) is 0 Å². The Morgan fingerprint density at radius 3 is 2.70 bits per heavy atom. The van der Waals surface area contributed by atoms with Crippen LogP contribution in [0.1, 0.15) is 46.2 Å². The Morgan fingerprint density at radius 1 is 1.30 bits per heavy atom. The zero-order valence-corrected chi connectivity index (χ0v) is 12.8. The number of fused-ring (bicyclic) bond motifs is 3. The van der Waals surface area contributed by atoms with Gasteiger partial charge in [0.2, 0.25) is 17.5 Å². The molecule has 0 spiro atoms. The normalized spacial score (nSPS) is 22.3. The Labute approximate surface area is 132 Å². The second kappa shape index (κ2) is 4.76. The number of nitrogens with one attached hydrogen (secondary N) is 1. The summed E-state index contributed by atoms with van der Waals surface area (Å²) in [5, 5.41) is 2.79. The van der Waals surface area contributed by atoms with Crippen molar-refractivity contribution in [1.29, 1.82) is 0 Å². The molecular formula is C15H17N5O3. The fraction of sp³-hybridized carbons (Fsp3) is 0.467. The maximum atomic E-state index is 12.7. The van der Waals surface area contributed by atoms with Gasteiger partial charge in [-0.1, -0.05) is 0 Å². The van der Waals surface area contributed by atoms with Gasteiger partial charge in [0.15, 0.2) is 0 Å². The van der Waals surface area contributed by atoms with Crippen LogP contribution >= 0.6 is 0 Å². The first-order valence-corrected chi connectivity index (χ1v) is 7.68. The Hall–Kier alpha value is -2.48. The lowest BCUT2D eigenvalue weighted by Crippen LogP contribution is -2.33. The fourth-order valence-electron chi connectivity index (χ4n) is 3.35. The van der Waals surface area contributed by atoms with Gasteiger partial charge in [-0.3, -0.25) is 14.4 Å². The number of hydrogen-bond acceptors (Lipinski definition) is 6. The lowest BCUT2D eigenvalue weighted by atomic mass is 9.95. The van der Waals surface area contributed by atoms with E-state index in [9.17, 15) is 14.4 Å². The second-order valence-corrected chi connectivity index (χ2v) is 6.05. The minimum Gasteiger partial charge on any atom is -0.364 e. The number of aromatic nitrogens is 2. The van der Waals surface area contributed by atoms with Gasteiger partial charge >= 0.3 is 0 Å². The van der Waals surface area contributed by atoms with Crippen molar-refractivity contribution in [2.24, 2.45) is 5.73 Å². The maximum Gasteiger partial charge on any atom is 0.234 e. The number of amides is 1. The first kappa shape index (κ1) is 14.1. The second-order valence-electron chi connectivity index (χ2n) is 6.05. The quantitative estimate of drug-likeness (QED) is 0.719. The number of imidazole rings is 1. The average molecular weight is 315 g/mol. The third-order valence-electron chi connectivity index (χ3n) is 4.58. The highest BCUT2D eigenvalue weighted by Gasteiger charge is 2.42. The predicted octanol–water partition coefficient (Wildman–Crippen LogP) is -0.629. The first-order valence-electron chi connectivity index (χ1n) is 7.68. The molecule has 2 aliphatic heterocycles. The molecule has 1 fully saturated rings. The molecule has 8 nitrogen and oxygen atoms in total. The number of hydrogen-bond donors (Lipinski definition) is 2. The summed E-state index contributed by atoms with van der Waals surface area (Å²) < 4.78 is 1.76. The van der Waals surface area contributed by atoms with Gasteiger partial charge in [-0.15, -0.1) is 0 Å². The van der Waals surface area contributed by atoms with Crippen LogP contribution in [0.2, 0.25) is 0 Å². The van der Waals surface area contributed by atoms with E-state index < -0.39 is 0 Å². The third-order valence-corrected chi connectivity index (χ3v) is 4.58. The van der Waals surface area contributed by atoms with Crippen LogP contribution < -0.4 is 11.1 Å². The Morgan fingerprint density at radius 2 is 2.04 bits per heavy atom. The molecule has 1 aromatic rings.